The van der Waals surface area contributed by atoms with Gasteiger partial charge >= 0.3 is 12.1 Å². The first-order chi connectivity index (χ1) is 16.9. The molecule has 2 aliphatic rings. The first-order valence-electron chi connectivity index (χ1n) is 12.8. The van der Waals surface area contributed by atoms with Gasteiger partial charge in [-0.25, -0.2) is 4.79 Å². The fraction of sp³-hybridized carbons (Fsp3) is 0.704. The summed E-state index contributed by atoms with van der Waals surface area (Å²) in [6, 6.07) is -0.740. The fourth-order valence-corrected chi connectivity index (χ4v) is 4.45. The highest BCUT2D eigenvalue weighted by Gasteiger charge is 2.31. The second-order valence-electron chi connectivity index (χ2n) is 10.5. The monoisotopic (exact) mass is 503 g/mol. The van der Waals surface area contributed by atoms with Crippen molar-refractivity contribution in [1.29, 1.82) is 0 Å². The molecule has 0 aliphatic carbocycles. The summed E-state index contributed by atoms with van der Waals surface area (Å²) in [5.41, 5.74) is 0.124. The number of amides is 3. The minimum Gasteiger partial charge on any atom is -0.466 e. The number of esters is 1. The van der Waals surface area contributed by atoms with Gasteiger partial charge in [-0.15, -0.1) is 6.42 Å². The van der Waals surface area contributed by atoms with Gasteiger partial charge in [0.1, 0.15) is 11.6 Å². The highest BCUT2D eigenvalue weighted by atomic mass is 16.6. The van der Waals surface area contributed by atoms with Crippen molar-refractivity contribution in [1.82, 2.24) is 15.1 Å². The zero-order chi connectivity index (χ0) is 26.9. The van der Waals surface area contributed by atoms with Crippen LogP contribution in [0.15, 0.2) is 11.6 Å². The molecule has 0 aromatic heterocycles. The van der Waals surface area contributed by atoms with E-state index in [1.54, 1.807) is 23.6 Å². The molecule has 2 atom stereocenters. The maximum atomic E-state index is 13.1. The van der Waals surface area contributed by atoms with E-state index in [4.69, 9.17) is 15.9 Å². The number of piperidine rings is 2. The van der Waals surface area contributed by atoms with Crippen molar-refractivity contribution in [3.8, 4) is 12.3 Å². The van der Waals surface area contributed by atoms with Crippen LogP contribution < -0.4 is 5.32 Å². The maximum absolute atomic E-state index is 13.1. The van der Waals surface area contributed by atoms with Gasteiger partial charge in [0.05, 0.1) is 18.9 Å². The number of likely N-dealkylation sites (tertiary alicyclic amines) is 2. The Kier molecular flexibility index (Phi) is 10.8. The second-order valence-corrected chi connectivity index (χ2v) is 10.5. The van der Waals surface area contributed by atoms with Crippen molar-refractivity contribution < 1.29 is 28.7 Å². The fourth-order valence-electron chi connectivity index (χ4n) is 4.45. The standard InChI is InChI=1S/C27H41N3O6/c1-7-22(17-23(31)35-8-2)28-24(32)21-10-9-13-30(18-21)25(33)19(3)16-20-11-14-29(15-12-20)26(34)36-27(4,5)6/h1,16,20-22H,8-15,17-18H2,2-6H3,(H,28,32)/b19-16+/t21-,22-/m1/s1. The maximum Gasteiger partial charge on any atom is 0.410 e. The van der Waals surface area contributed by atoms with E-state index in [-0.39, 0.29) is 42.8 Å². The van der Waals surface area contributed by atoms with E-state index in [2.05, 4.69) is 11.2 Å². The molecule has 2 saturated heterocycles. The van der Waals surface area contributed by atoms with Crippen molar-refractivity contribution in [3.63, 3.8) is 0 Å². The van der Waals surface area contributed by atoms with E-state index in [9.17, 15) is 19.2 Å². The third-order valence-corrected chi connectivity index (χ3v) is 6.29. The Morgan fingerprint density at radius 1 is 1.11 bits per heavy atom. The average molecular weight is 504 g/mol. The van der Waals surface area contributed by atoms with Crippen LogP contribution in [0.4, 0.5) is 4.79 Å². The van der Waals surface area contributed by atoms with E-state index in [0.29, 0.717) is 44.6 Å². The van der Waals surface area contributed by atoms with Crippen LogP contribution in [-0.4, -0.2) is 78.1 Å². The van der Waals surface area contributed by atoms with E-state index in [1.807, 2.05) is 26.8 Å². The van der Waals surface area contributed by atoms with Crippen LogP contribution in [0.5, 0.6) is 0 Å². The Morgan fingerprint density at radius 2 is 1.78 bits per heavy atom. The van der Waals surface area contributed by atoms with Gasteiger partial charge in [-0.1, -0.05) is 12.0 Å². The molecule has 0 radical (unpaired) electrons. The molecular formula is C27H41N3O6. The summed E-state index contributed by atoms with van der Waals surface area (Å²) in [5.74, 6) is 1.45. The number of nitrogens with one attached hydrogen (secondary N) is 1. The van der Waals surface area contributed by atoms with Crippen molar-refractivity contribution in [3.05, 3.63) is 11.6 Å². The number of carbonyl (C=O) groups is 4. The lowest BCUT2D eigenvalue weighted by molar-refractivity contribution is -0.143. The SMILES string of the molecule is C#C[C@H](CC(=O)OCC)NC(=O)[C@@H]1CCCN(C(=O)/C(C)=C/C2CCN(C(=O)OC(C)(C)C)CC2)C1. The Bertz CT molecular complexity index is 877. The number of hydrogen-bond donors (Lipinski definition) is 1. The third-order valence-electron chi connectivity index (χ3n) is 6.29. The summed E-state index contributed by atoms with van der Waals surface area (Å²) in [7, 11) is 0. The second kappa shape index (κ2) is 13.3. The summed E-state index contributed by atoms with van der Waals surface area (Å²) in [6.45, 7) is 11.4. The Labute approximate surface area is 214 Å². The summed E-state index contributed by atoms with van der Waals surface area (Å²) >= 11 is 0. The molecule has 1 N–H and O–H groups in total. The molecule has 9 heteroatoms. The molecule has 9 nitrogen and oxygen atoms in total. The smallest absolute Gasteiger partial charge is 0.410 e. The lowest BCUT2D eigenvalue weighted by Crippen LogP contribution is -2.48. The van der Waals surface area contributed by atoms with Gasteiger partial charge in [-0.2, -0.15) is 0 Å². The quantitative estimate of drug-likeness (QED) is 0.325. The molecule has 0 bridgehead atoms. The number of allylic oxidation sites excluding steroid dienone is 1. The minimum absolute atomic E-state index is 0.0814. The van der Waals surface area contributed by atoms with E-state index >= 15 is 0 Å². The highest BCUT2D eigenvalue weighted by molar-refractivity contribution is 5.93. The van der Waals surface area contributed by atoms with Crippen molar-refractivity contribution in [2.24, 2.45) is 11.8 Å². The number of ether oxygens (including phenoxy) is 2. The number of carbonyl (C=O) groups excluding carboxylic acids is 4. The predicted molar refractivity (Wildman–Crippen MR) is 136 cm³/mol. The Morgan fingerprint density at radius 3 is 2.36 bits per heavy atom. The molecule has 2 aliphatic heterocycles. The third kappa shape index (κ3) is 9.21. The predicted octanol–water partition coefficient (Wildman–Crippen LogP) is 2.89. The minimum atomic E-state index is -0.740. The Hall–Kier alpha value is -3.02. The zero-order valence-electron chi connectivity index (χ0n) is 22.3. The van der Waals surface area contributed by atoms with Gasteiger partial charge in [0.2, 0.25) is 11.8 Å². The zero-order valence-corrected chi connectivity index (χ0v) is 22.3. The van der Waals surface area contributed by atoms with Crippen LogP contribution in [0, 0.1) is 24.2 Å². The summed E-state index contributed by atoms with van der Waals surface area (Å²) < 4.78 is 10.4. The molecule has 0 aromatic carbocycles. The van der Waals surface area contributed by atoms with Crippen molar-refractivity contribution in [2.45, 2.75) is 78.4 Å². The molecule has 200 valence electrons. The van der Waals surface area contributed by atoms with Gasteiger partial charge in [0, 0.05) is 31.8 Å². The van der Waals surface area contributed by atoms with Gasteiger partial charge in [-0.3, -0.25) is 14.4 Å². The van der Waals surface area contributed by atoms with Gasteiger partial charge in [-0.05, 0) is 66.2 Å². The topological polar surface area (TPSA) is 105 Å². The molecule has 2 fully saturated rings. The van der Waals surface area contributed by atoms with Gasteiger partial charge in [0.25, 0.3) is 0 Å². The molecule has 0 spiro atoms. The first kappa shape index (κ1) is 29.2. The van der Waals surface area contributed by atoms with Crippen LogP contribution in [-0.2, 0) is 23.9 Å². The van der Waals surface area contributed by atoms with Crippen LogP contribution in [0.25, 0.3) is 0 Å². The number of terminal acetylenes is 1. The summed E-state index contributed by atoms with van der Waals surface area (Å²) in [4.78, 5) is 53.3. The summed E-state index contributed by atoms with van der Waals surface area (Å²) in [6.07, 6.45) is 9.98. The van der Waals surface area contributed by atoms with E-state index < -0.39 is 17.6 Å². The molecular weight excluding hydrogens is 462 g/mol. The number of rotatable bonds is 7. The largest absolute Gasteiger partial charge is 0.466 e. The van der Waals surface area contributed by atoms with Crippen molar-refractivity contribution in [2.75, 3.05) is 32.8 Å². The molecule has 0 aromatic rings. The molecule has 0 unspecified atom stereocenters. The van der Waals surface area contributed by atoms with Crippen LogP contribution in [0.1, 0.15) is 66.7 Å². The summed E-state index contributed by atoms with van der Waals surface area (Å²) in [5, 5.41) is 2.74. The van der Waals surface area contributed by atoms with Gasteiger partial charge < -0.3 is 24.6 Å². The van der Waals surface area contributed by atoms with Crippen LogP contribution in [0.3, 0.4) is 0 Å². The molecule has 2 rings (SSSR count). The lowest BCUT2D eigenvalue weighted by Gasteiger charge is -2.34. The van der Waals surface area contributed by atoms with Crippen LogP contribution in [0.2, 0.25) is 0 Å². The van der Waals surface area contributed by atoms with Crippen LogP contribution >= 0.6 is 0 Å². The van der Waals surface area contributed by atoms with Gasteiger partial charge in [0.15, 0.2) is 0 Å². The molecule has 2 heterocycles. The molecule has 3 amide bonds. The van der Waals surface area contributed by atoms with Crippen molar-refractivity contribution >= 4 is 23.9 Å². The normalized spacial score (nSPS) is 20.2. The lowest BCUT2D eigenvalue weighted by atomic mass is 9.93. The first-order valence-corrected chi connectivity index (χ1v) is 12.8. The average Bonchev–Trinajstić information content (AvgIpc) is 2.82. The number of hydrogen-bond acceptors (Lipinski definition) is 6. The molecule has 36 heavy (non-hydrogen) atoms. The highest BCUT2D eigenvalue weighted by Crippen LogP contribution is 2.24. The molecule has 0 saturated carbocycles. The van der Waals surface area contributed by atoms with E-state index in [1.165, 1.54) is 0 Å². The number of nitrogens with zero attached hydrogens (tertiary/aromatic N) is 2. The van der Waals surface area contributed by atoms with E-state index in [0.717, 1.165) is 12.8 Å². The Balaban J connectivity index is 1.88.